The predicted octanol–water partition coefficient (Wildman–Crippen LogP) is 1.61. The van der Waals surface area contributed by atoms with Crippen LogP contribution in [0.1, 0.15) is 49.0 Å². The quantitative estimate of drug-likeness (QED) is 0.872. The van der Waals surface area contributed by atoms with Gasteiger partial charge in [0.05, 0.1) is 5.92 Å². The number of H-pyrrole nitrogens is 1. The van der Waals surface area contributed by atoms with Crippen LogP contribution in [0.25, 0.3) is 0 Å². The number of aromatic amines is 1. The van der Waals surface area contributed by atoms with E-state index in [2.05, 4.69) is 15.2 Å². The fourth-order valence-corrected chi connectivity index (χ4v) is 4.17. The minimum atomic E-state index is 0.101. The number of nitrogens with zero attached hydrogens (tertiary/aromatic N) is 2. The lowest BCUT2D eigenvalue weighted by atomic mass is 9.93. The number of aromatic nitrogens is 1. The number of carbonyl (C=O) groups is 2. The number of piperidine rings is 2. The molecule has 2 saturated heterocycles. The second kappa shape index (κ2) is 7.20. The fraction of sp³-hybridized carbons (Fsp3) is 0.684. The molecule has 1 saturated carbocycles. The normalized spacial score (nSPS) is 25.8. The molecule has 3 fully saturated rings. The molecule has 4 rings (SSSR count). The van der Waals surface area contributed by atoms with Crippen LogP contribution in [-0.4, -0.2) is 64.9 Å². The summed E-state index contributed by atoms with van der Waals surface area (Å²) in [7, 11) is 0. The highest BCUT2D eigenvalue weighted by Crippen LogP contribution is 2.26. The summed E-state index contributed by atoms with van der Waals surface area (Å²) >= 11 is 0. The predicted molar refractivity (Wildman–Crippen MR) is 95.2 cm³/mol. The molecule has 3 aliphatic rings. The van der Waals surface area contributed by atoms with E-state index < -0.39 is 0 Å². The lowest BCUT2D eigenvalue weighted by molar-refractivity contribution is -0.127. The Morgan fingerprint density at radius 3 is 2.56 bits per heavy atom. The number of hydrogen-bond acceptors (Lipinski definition) is 3. The molecule has 6 heteroatoms. The van der Waals surface area contributed by atoms with E-state index in [-0.39, 0.29) is 17.7 Å². The Hall–Kier alpha value is -1.82. The number of amides is 2. The molecule has 6 nitrogen and oxygen atoms in total. The summed E-state index contributed by atoms with van der Waals surface area (Å²) in [5.74, 6) is 0.503. The summed E-state index contributed by atoms with van der Waals surface area (Å²) in [6, 6.07) is 4.65. The molecule has 0 aromatic carbocycles. The van der Waals surface area contributed by atoms with E-state index in [1.807, 2.05) is 17.0 Å². The van der Waals surface area contributed by atoms with E-state index in [9.17, 15) is 9.59 Å². The average molecular weight is 344 g/mol. The zero-order valence-electron chi connectivity index (χ0n) is 14.7. The molecule has 2 aliphatic heterocycles. The Labute approximate surface area is 148 Å². The SMILES string of the molecule is O=C(NC1CC1)[C@@H]1CCCN(C2CCN(C(=O)c3ccc[nH]3)CC2)C1. The van der Waals surface area contributed by atoms with Crippen LogP contribution in [0.15, 0.2) is 18.3 Å². The standard InChI is InChI=1S/C19H28N4O2/c24-18(21-15-5-6-15)14-3-2-10-23(13-14)16-7-11-22(12-8-16)19(25)17-4-1-9-20-17/h1,4,9,14-16,20H,2-3,5-8,10-13H2,(H,21,24)/t14-/m1/s1. The first-order valence-electron chi connectivity index (χ1n) is 9.68. The van der Waals surface area contributed by atoms with Crippen molar-refractivity contribution in [2.75, 3.05) is 26.2 Å². The van der Waals surface area contributed by atoms with Gasteiger partial charge in [-0.15, -0.1) is 0 Å². The van der Waals surface area contributed by atoms with Crippen molar-refractivity contribution in [2.24, 2.45) is 5.92 Å². The van der Waals surface area contributed by atoms with E-state index in [1.54, 1.807) is 6.20 Å². The smallest absolute Gasteiger partial charge is 0.270 e. The van der Waals surface area contributed by atoms with Gasteiger partial charge in [-0.3, -0.25) is 14.5 Å². The van der Waals surface area contributed by atoms with Gasteiger partial charge < -0.3 is 15.2 Å². The van der Waals surface area contributed by atoms with Crippen molar-refractivity contribution < 1.29 is 9.59 Å². The first-order valence-corrected chi connectivity index (χ1v) is 9.68. The molecule has 2 amide bonds. The Bertz CT molecular complexity index is 603. The van der Waals surface area contributed by atoms with Gasteiger partial charge >= 0.3 is 0 Å². The van der Waals surface area contributed by atoms with Crippen LogP contribution in [0, 0.1) is 5.92 Å². The molecule has 1 aromatic rings. The second-order valence-corrected chi connectivity index (χ2v) is 7.72. The number of hydrogen-bond donors (Lipinski definition) is 2. The van der Waals surface area contributed by atoms with Crippen molar-refractivity contribution in [1.82, 2.24) is 20.1 Å². The largest absolute Gasteiger partial charge is 0.357 e. The molecule has 1 aromatic heterocycles. The van der Waals surface area contributed by atoms with Crippen LogP contribution < -0.4 is 5.32 Å². The first kappa shape index (κ1) is 16.6. The average Bonchev–Trinajstić information content (AvgIpc) is 3.30. The van der Waals surface area contributed by atoms with Crippen LogP contribution in [0.4, 0.5) is 0 Å². The molecule has 1 aliphatic carbocycles. The molecule has 0 unspecified atom stereocenters. The Morgan fingerprint density at radius 1 is 1.08 bits per heavy atom. The van der Waals surface area contributed by atoms with Gasteiger partial charge in [-0.05, 0) is 57.2 Å². The van der Waals surface area contributed by atoms with E-state index in [4.69, 9.17) is 0 Å². The van der Waals surface area contributed by atoms with E-state index in [0.29, 0.717) is 17.8 Å². The molecule has 25 heavy (non-hydrogen) atoms. The van der Waals surface area contributed by atoms with E-state index >= 15 is 0 Å². The van der Waals surface area contributed by atoms with Gasteiger partial charge in [-0.2, -0.15) is 0 Å². The van der Waals surface area contributed by atoms with E-state index in [0.717, 1.165) is 64.7 Å². The Balaban J connectivity index is 1.28. The van der Waals surface area contributed by atoms with Gasteiger partial charge in [0, 0.05) is 37.9 Å². The van der Waals surface area contributed by atoms with Gasteiger partial charge in [0.2, 0.25) is 5.91 Å². The van der Waals surface area contributed by atoms with Crippen molar-refractivity contribution in [3.05, 3.63) is 24.0 Å². The molecule has 2 N–H and O–H groups in total. The van der Waals surface area contributed by atoms with Gasteiger partial charge in [0.15, 0.2) is 0 Å². The van der Waals surface area contributed by atoms with Crippen molar-refractivity contribution in [1.29, 1.82) is 0 Å². The highest BCUT2D eigenvalue weighted by atomic mass is 16.2. The maximum atomic E-state index is 12.4. The summed E-state index contributed by atoms with van der Waals surface area (Å²) in [6.07, 6.45) is 8.21. The van der Waals surface area contributed by atoms with Crippen molar-refractivity contribution in [3.63, 3.8) is 0 Å². The lowest BCUT2D eigenvalue weighted by Crippen LogP contribution is -2.51. The minimum absolute atomic E-state index is 0.101. The Morgan fingerprint density at radius 2 is 1.88 bits per heavy atom. The molecular formula is C19H28N4O2. The zero-order chi connectivity index (χ0) is 17.2. The number of carbonyl (C=O) groups excluding carboxylic acids is 2. The van der Waals surface area contributed by atoms with Crippen molar-refractivity contribution in [2.45, 2.75) is 50.6 Å². The Kier molecular flexibility index (Phi) is 4.79. The summed E-state index contributed by atoms with van der Waals surface area (Å²) in [5.41, 5.74) is 0.674. The lowest BCUT2D eigenvalue weighted by Gasteiger charge is -2.42. The highest BCUT2D eigenvalue weighted by molar-refractivity contribution is 5.92. The first-order chi connectivity index (χ1) is 12.2. The maximum absolute atomic E-state index is 12.4. The third-order valence-corrected chi connectivity index (χ3v) is 5.84. The van der Waals surface area contributed by atoms with E-state index in [1.165, 1.54) is 0 Å². The van der Waals surface area contributed by atoms with Gasteiger partial charge in [-0.25, -0.2) is 0 Å². The number of nitrogens with one attached hydrogen (secondary N) is 2. The van der Waals surface area contributed by atoms with Crippen molar-refractivity contribution in [3.8, 4) is 0 Å². The van der Waals surface area contributed by atoms with Crippen LogP contribution in [-0.2, 0) is 4.79 Å². The molecule has 1 atom stereocenters. The molecule has 0 bridgehead atoms. The highest BCUT2D eigenvalue weighted by Gasteiger charge is 2.34. The third kappa shape index (κ3) is 3.89. The van der Waals surface area contributed by atoms with Gasteiger partial charge in [0.1, 0.15) is 5.69 Å². The van der Waals surface area contributed by atoms with Crippen LogP contribution in [0.2, 0.25) is 0 Å². The van der Waals surface area contributed by atoms with Gasteiger partial charge in [0.25, 0.3) is 5.91 Å². The summed E-state index contributed by atoms with van der Waals surface area (Å²) in [4.78, 5) is 32.2. The van der Waals surface area contributed by atoms with Crippen LogP contribution >= 0.6 is 0 Å². The molecule has 136 valence electrons. The molecule has 0 radical (unpaired) electrons. The molecular weight excluding hydrogens is 316 g/mol. The van der Waals surface area contributed by atoms with Crippen LogP contribution in [0.3, 0.4) is 0 Å². The monoisotopic (exact) mass is 344 g/mol. The fourth-order valence-electron chi connectivity index (χ4n) is 4.17. The summed E-state index contributed by atoms with van der Waals surface area (Å²) in [6.45, 7) is 3.58. The summed E-state index contributed by atoms with van der Waals surface area (Å²) in [5, 5.41) is 3.16. The minimum Gasteiger partial charge on any atom is -0.357 e. The zero-order valence-corrected chi connectivity index (χ0v) is 14.7. The van der Waals surface area contributed by atoms with Gasteiger partial charge in [-0.1, -0.05) is 0 Å². The van der Waals surface area contributed by atoms with Crippen molar-refractivity contribution >= 4 is 11.8 Å². The molecule has 0 spiro atoms. The summed E-state index contributed by atoms with van der Waals surface area (Å²) < 4.78 is 0. The maximum Gasteiger partial charge on any atom is 0.270 e. The number of rotatable bonds is 4. The second-order valence-electron chi connectivity index (χ2n) is 7.72. The topological polar surface area (TPSA) is 68.4 Å². The number of likely N-dealkylation sites (tertiary alicyclic amines) is 2. The molecule has 3 heterocycles. The third-order valence-electron chi connectivity index (χ3n) is 5.84. The van der Waals surface area contributed by atoms with Crippen LogP contribution in [0.5, 0.6) is 0 Å².